The summed E-state index contributed by atoms with van der Waals surface area (Å²) < 4.78 is 5.01. The standard InChI is InChI=1S/C47H50N6/c1-4-16-36(17-5-1)20-14-32-52-44-24-10-8-22-38(44)40-26-30-50-42(46(40)52)34-48-28-12-3-13-29-49-35-43-47-41(27-31-51-43)39-23-9-11-25-45(39)53(47)33-15-21-37-18-6-2-7-19-37/h1-2,4-11,16-19,22-27,30-31,48-49H,3,12-15,20-21,28-29,32-35H2. The Labute approximate surface area is 312 Å². The zero-order valence-electron chi connectivity index (χ0n) is 30.7. The lowest BCUT2D eigenvalue weighted by Crippen LogP contribution is -2.18. The first-order valence-electron chi connectivity index (χ1n) is 19.5. The fourth-order valence-electron chi connectivity index (χ4n) is 8.13. The molecule has 8 aromatic rings. The Kier molecular flexibility index (Phi) is 11.2. The van der Waals surface area contributed by atoms with E-state index >= 15 is 0 Å². The first-order chi connectivity index (χ1) is 26.3. The molecule has 0 amide bonds. The summed E-state index contributed by atoms with van der Waals surface area (Å²) in [6, 6.07) is 43.6. The van der Waals surface area contributed by atoms with E-state index in [1.807, 2.05) is 12.4 Å². The number of para-hydroxylation sites is 2. The number of benzene rings is 4. The van der Waals surface area contributed by atoms with E-state index in [1.54, 1.807) is 0 Å². The van der Waals surface area contributed by atoms with Gasteiger partial charge in [-0.05, 0) is 87.0 Å². The zero-order chi connectivity index (χ0) is 35.7. The van der Waals surface area contributed by atoms with Gasteiger partial charge in [-0.3, -0.25) is 9.97 Å². The Hall–Kier alpha value is -5.30. The second-order valence-corrected chi connectivity index (χ2v) is 14.2. The number of nitrogens with one attached hydrogen (secondary N) is 2. The van der Waals surface area contributed by atoms with E-state index in [4.69, 9.17) is 9.97 Å². The van der Waals surface area contributed by atoms with Crippen molar-refractivity contribution in [3.8, 4) is 0 Å². The van der Waals surface area contributed by atoms with Gasteiger partial charge in [0.15, 0.2) is 0 Å². The minimum absolute atomic E-state index is 0.777. The summed E-state index contributed by atoms with van der Waals surface area (Å²) in [5.74, 6) is 0. The maximum absolute atomic E-state index is 4.89. The second-order valence-electron chi connectivity index (χ2n) is 14.2. The Morgan fingerprint density at radius 1 is 0.415 bits per heavy atom. The van der Waals surface area contributed by atoms with Crippen LogP contribution in [-0.4, -0.2) is 32.2 Å². The average molecular weight is 699 g/mol. The number of pyridine rings is 2. The van der Waals surface area contributed by atoms with Gasteiger partial charge < -0.3 is 19.8 Å². The molecule has 0 unspecified atom stereocenters. The molecule has 0 atom stereocenters. The maximum Gasteiger partial charge on any atom is 0.0784 e. The molecule has 4 aromatic carbocycles. The van der Waals surface area contributed by atoms with E-state index in [0.717, 1.165) is 89.2 Å². The van der Waals surface area contributed by atoms with Gasteiger partial charge in [0, 0.05) is 71.2 Å². The van der Waals surface area contributed by atoms with Crippen LogP contribution in [0.2, 0.25) is 0 Å². The summed E-state index contributed by atoms with van der Waals surface area (Å²) in [4.78, 5) is 9.77. The number of fused-ring (bicyclic) bond motifs is 6. The van der Waals surface area contributed by atoms with Crippen LogP contribution in [0.1, 0.15) is 54.6 Å². The van der Waals surface area contributed by atoms with Crippen LogP contribution in [-0.2, 0) is 39.0 Å². The molecule has 0 bridgehead atoms. The van der Waals surface area contributed by atoms with Crippen molar-refractivity contribution in [2.75, 3.05) is 13.1 Å². The van der Waals surface area contributed by atoms with Crippen molar-refractivity contribution in [2.24, 2.45) is 0 Å². The molecule has 0 spiro atoms. The van der Waals surface area contributed by atoms with E-state index in [9.17, 15) is 0 Å². The third-order valence-corrected chi connectivity index (χ3v) is 10.7. The summed E-state index contributed by atoms with van der Waals surface area (Å²) >= 11 is 0. The average Bonchev–Trinajstić information content (AvgIpc) is 3.71. The quantitative estimate of drug-likeness (QED) is 0.0876. The largest absolute Gasteiger partial charge is 0.339 e. The first kappa shape index (κ1) is 34.8. The van der Waals surface area contributed by atoms with E-state index in [2.05, 4.69) is 141 Å². The van der Waals surface area contributed by atoms with Crippen LogP contribution in [0.25, 0.3) is 43.6 Å². The van der Waals surface area contributed by atoms with Crippen LogP contribution >= 0.6 is 0 Å². The number of hydrogen-bond donors (Lipinski definition) is 2. The fourth-order valence-corrected chi connectivity index (χ4v) is 8.13. The van der Waals surface area contributed by atoms with Crippen LogP contribution in [0.3, 0.4) is 0 Å². The monoisotopic (exact) mass is 698 g/mol. The highest BCUT2D eigenvalue weighted by atomic mass is 15.0. The summed E-state index contributed by atoms with van der Waals surface area (Å²) in [7, 11) is 0. The SMILES string of the molecule is c1ccc(CCCn2c3ccccc3c3ccnc(CNCCCCCNCc4nccc5c6ccccc6n(CCCc6ccccc6)c45)c32)cc1. The highest BCUT2D eigenvalue weighted by molar-refractivity contribution is 6.09. The maximum atomic E-state index is 4.89. The second kappa shape index (κ2) is 17.0. The molecule has 0 aliphatic rings. The van der Waals surface area contributed by atoms with Gasteiger partial charge in [-0.1, -0.05) is 103 Å². The van der Waals surface area contributed by atoms with Crippen molar-refractivity contribution in [3.05, 3.63) is 156 Å². The predicted molar refractivity (Wildman–Crippen MR) is 221 cm³/mol. The molecule has 0 aliphatic carbocycles. The summed E-state index contributed by atoms with van der Waals surface area (Å²) in [5, 5.41) is 12.7. The minimum atomic E-state index is 0.777. The molecular weight excluding hydrogens is 649 g/mol. The van der Waals surface area contributed by atoms with Crippen molar-refractivity contribution in [3.63, 3.8) is 0 Å². The van der Waals surface area contributed by atoms with Crippen LogP contribution in [0.5, 0.6) is 0 Å². The third-order valence-electron chi connectivity index (χ3n) is 10.7. The van der Waals surface area contributed by atoms with Gasteiger partial charge in [0.1, 0.15) is 0 Å². The topological polar surface area (TPSA) is 59.7 Å². The molecule has 2 N–H and O–H groups in total. The highest BCUT2D eigenvalue weighted by Crippen LogP contribution is 2.32. The molecule has 6 heteroatoms. The molecule has 0 saturated heterocycles. The van der Waals surface area contributed by atoms with Gasteiger partial charge in [0.05, 0.1) is 22.4 Å². The Bertz CT molecular complexity index is 2220. The molecule has 0 radical (unpaired) electrons. The molecular formula is C47H50N6. The summed E-state index contributed by atoms with van der Waals surface area (Å²) in [6.45, 7) is 5.47. The molecule has 8 rings (SSSR count). The lowest BCUT2D eigenvalue weighted by molar-refractivity contribution is 0.567. The fraction of sp³-hybridized carbons (Fsp3) is 0.277. The lowest BCUT2D eigenvalue weighted by atomic mass is 10.1. The van der Waals surface area contributed by atoms with Crippen molar-refractivity contribution in [1.29, 1.82) is 0 Å². The van der Waals surface area contributed by atoms with Crippen LogP contribution in [0.4, 0.5) is 0 Å². The number of nitrogens with zero attached hydrogens (tertiary/aromatic N) is 4. The molecule has 268 valence electrons. The van der Waals surface area contributed by atoms with E-state index in [-0.39, 0.29) is 0 Å². The van der Waals surface area contributed by atoms with Crippen molar-refractivity contribution < 1.29 is 0 Å². The van der Waals surface area contributed by atoms with Gasteiger partial charge in [0.25, 0.3) is 0 Å². The van der Waals surface area contributed by atoms with E-state index in [1.165, 1.54) is 61.2 Å². The molecule has 0 saturated carbocycles. The smallest absolute Gasteiger partial charge is 0.0784 e. The highest BCUT2D eigenvalue weighted by Gasteiger charge is 2.16. The number of aryl methyl sites for hydroxylation is 4. The van der Waals surface area contributed by atoms with Crippen LogP contribution in [0, 0.1) is 0 Å². The van der Waals surface area contributed by atoms with Crippen molar-refractivity contribution >= 4 is 43.6 Å². The number of hydrogen-bond acceptors (Lipinski definition) is 4. The Morgan fingerprint density at radius 3 is 1.32 bits per heavy atom. The van der Waals surface area contributed by atoms with E-state index in [0.29, 0.717) is 0 Å². The Balaban J connectivity index is 0.838. The molecule has 4 heterocycles. The van der Waals surface area contributed by atoms with Gasteiger partial charge in [-0.2, -0.15) is 0 Å². The van der Waals surface area contributed by atoms with Crippen molar-refractivity contribution in [1.82, 2.24) is 29.7 Å². The van der Waals surface area contributed by atoms with Gasteiger partial charge in [0.2, 0.25) is 0 Å². The first-order valence-corrected chi connectivity index (χ1v) is 19.5. The predicted octanol–water partition coefficient (Wildman–Crippen LogP) is 10.0. The van der Waals surface area contributed by atoms with E-state index < -0.39 is 0 Å². The lowest BCUT2D eigenvalue weighted by Gasteiger charge is -2.12. The molecule has 53 heavy (non-hydrogen) atoms. The number of rotatable bonds is 18. The van der Waals surface area contributed by atoms with Crippen LogP contribution < -0.4 is 10.6 Å². The summed E-state index contributed by atoms with van der Waals surface area (Å²) in [6.07, 6.45) is 11.7. The number of unbranched alkanes of at least 4 members (excludes halogenated alkanes) is 2. The minimum Gasteiger partial charge on any atom is -0.339 e. The molecule has 4 aromatic heterocycles. The Morgan fingerprint density at radius 2 is 0.849 bits per heavy atom. The third kappa shape index (κ3) is 7.90. The summed E-state index contributed by atoms with van der Waals surface area (Å²) in [5.41, 5.74) is 10.2. The van der Waals surface area contributed by atoms with Gasteiger partial charge in [-0.25, -0.2) is 0 Å². The normalized spacial score (nSPS) is 11.8. The van der Waals surface area contributed by atoms with Gasteiger partial charge >= 0.3 is 0 Å². The van der Waals surface area contributed by atoms with Crippen molar-refractivity contribution in [2.45, 2.75) is 71.1 Å². The van der Waals surface area contributed by atoms with Crippen LogP contribution in [0.15, 0.2) is 134 Å². The zero-order valence-corrected chi connectivity index (χ0v) is 30.7. The molecule has 0 fully saturated rings. The molecule has 6 nitrogen and oxygen atoms in total. The number of aromatic nitrogens is 4. The van der Waals surface area contributed by atoms with Gasteiger partial charge in [-0.15, -0.1) is 0 Å². The molecule has 0 aliphatic heterocycles.